The third kappa shape index (κ3) is 2.09. The Labute approximate surface area is 68.4 Å². The lowest BCUT2D eigenvalue weighted by molar-refractivity contribution is 0.259. The highest BCUT2D eigenvalue weighted by atomic mass is 35.5. The number of hydrogen-bond acceptors (Lipinski definition) is 2. The maximum Gasteiger partial charge on any atom is 0.316 e. The summed E-state index contributed by atoms with van der Waals surface area (Å²) in [5.74, 6) is 0. The SMILES string of the molecule is NC(=O)Nc1[c]nccc1Cl. The summed E-state index contributed by atoms with van der Waals surface area (Å²) < 4.78 is 0. The number of nitrogens with zero attached hydrogens (tertiary/aromatic N) is 1. The summed E-state index contributed by atoms with van der Waals surface area (Å²) in [6.45, 7) is 0. The number of anilines is 1. The monoisotopic (exact) mass is 170 g/mol. The van der Waals surface area contributed by atoms with Gasteiger partial charge in [0.1, 0.15) is 6.20 Å². The van der Waals surface area contributed by atoms with Crippen LogP contribution in [0.1, 0.15) is 0 Å². The van der Waals surface area contributed by atoms with Gasteiger partial charge in [0.2, 0.25) is 0 Å². The maximum atomic E-state index is 10.3. The molecule has 1 aromatic rings. The topological polar surface area (TPSA) is 68.0 Å². The summed E-state index contributed by atoms with van der Waals surface area (Å²) in [7, 11) is 0. The largest absolute Gasteiger partial charge is 0.351 e. The number of amides is 2. The molecule has 0 aromatic carbocycles. The van der Waals surface area contributed by atoms with Gasteiger partial charge in [0.25, 0.3) is 0 Å². The Bertz CT molecular complexity index is 276. The van der Waals surface area contributed by atoms with E-state index < -0.39 is 6.03 Å². The summed E-state index contributed by atoms with van der Waals surface area (Å²) in [4.78, 5) is 13.9. The Kier molecular flexibility index (Phi) is 2.28. The number of hydrogen-bond donors (Lipinski definition) is 2. The molecular weight excluding hydrogens is 166 g/mol. The predicted molar refractivity (Wildman–Crippen MR) is 41.3 cm³/mol. The fourth-order valence-electron chi connectivity index (χ4n) is 0.552. The number of nitrogens with one attached hydrogen (secondary N) is 1. The quantitative estimate of drug-likeness (QED) is 0.661. The van der Waals surface area contributed by atoms with Crippen LogP contribution in [0.2, 0.25) is 5.02 Å². The van der Waals surface area contributed by atoms with Gasteiger partial charge in [-0.1, -0.05) is 11.6 Å². The van der Waals surface area contributed by atoms with Gasteiger partial charge in [-0.3, -0.25) is 4.98 Å². The van der Waals surface area contributed by atoms with Crippen molar-refractivity contribution in [3.8, 4) is 0 Å². The maximum absolute atomic E-state index is 10.3. The molecule has 2 amide bonds. The average molecular weight is 171 g/mol. The second-order valence-corrected chi connectivity index (χ2v) is 2.18. The molecule has 1 rings (SSSR count). The van der Waals surface area contributed by atoms with E-state index in [1.165, 1.54) is 12.3 Å². The fraction of sp³-hybridized carbons (Fsp3) is 0. The minimum Gasteiger partial charge on any atom is -0.351 e. The van der Waals surface area contributed by atoms with Crippen molar-refractivity contribution < 1.29 is 4.79 Å². The highest BCUT2D eigenvalue weighted by Gasteiger charge is 2.00. The van der Waals surface area contributed by atoms with E-state index in [9.17, 15) is 4.79 Å². The molecule has 4 nitrogen and oxygen atoms in total. The zero-order valence-electron chi connectivity index (χ0n) is 5.47. The van der Waals surface area contributed by atoms with Crippen molar-refractivity contribution in [3.05, 3.63) is 23.5 Å². The van der Waals surface area contributed by atoms with E-state index in [0.717, 1.165) is 0 Å². The first-order valence-electron chi connectivity index (χ1n) is 2.79. The van der Waals surface area contributed by atoms with E-state index in [4.69, 9.17) is 17.3 Å². The van der Waals surface area contributed by atoms with Crippen LogP contribution in [0, 0.1) is 6.20 Å². The summed E-state index contributed by atoms with van der Waals surface area (Å²) in [5.41, 5.74) is 5.13. The first kappa shape index (κ1) is 7.81. The molecule has 1 aromatic heterocycles. The normalized spacial score (nSPS) is 9.18. The molecule has 0 aliphatic heterocycles. The highest BCUT2D eigenvalue weighted by molar-refractivity contribution is 6.33. The van der Waals surface area contributed by atoms with Gasteiger partial charge in [0, 0.05) is 6.20 Å². The molecule has 0 unspecified atom stereocenters. The van der Waals surface area contributed by atoms with Gasteiger partial charge in [-0.15, -0.1) is 0 Å². The zero-order valence-corrected chi connectivity index (χ0v) is 6.22. The standard InChI is InChI=1S/C6H5ClN3O/c7-4-1-2-9-3-5(4)10-6(8)11/h1-2H,(H3,8,10,11). The van der Waals surface area contributed by atoms with Crippen molar-refractivity contribution in [2.45, 2.75) is 0 Å². The van der Waals surface area contributed by atoms with Gasteiger partial charge in [-0.2, -0.15) is 0 Å². The Hall–Kier alpha value is -1.29. The Morgan fingerprint density at radius 3 is 3.09 bits per heavy atom. The number of urea groups is 1. The van der Waals surface area contributed by atoms with E-state index in [1.54, 1.807) is 0 Å². The lowest BCUT2D eigenvalue weighted by Crippen LogP contribution is -2.19. The van der Waals surface area contributed by atoms with Crippen molar-refractivity contribution in [1.29, 1.82) is 0 Å². The highest BCUT2D eigenvalue weighted by Crippen LogP contribution is 2.17. The van der Waals surface area contributed by atoms with Gasteiger partial charge in [0.15, 0.2) is 0 Å². The van der Waals surface area contributed by atoms with Crippen LogP contribution in [0.4, 0.5) is 10.5 Å². The van der Waals surface area contributed by atoms with Crippen LogP contribution in [-0.4, -0.2) is 11.0 Å². The smallest absolute Gasteiger partial charge is 0.316 e. The molecule has 0 saturated carbocycles. The van der Waals surface area contributed by atoms with Crippen LogP contribution in [0.3, 0.4) is 0 Å². The van der Waals surface area contributed by atoms with E-state index in [0.29, 0.717) is 10.7 Å². The number of nitrogens with two attached hydrogens (primary N) is 1. The van der Waals surface area contributed by atoms with E-state index in [2.05, 4.69) is 16.5 Å². The number of carbonyl (C=O) groups is 1. The summed E-state index contributed by atoms with van der Waals surface area (Å²) in [5, 5.41) is 2.62. The minimum absolute atomic E-state index is 0.293. The predicted octanol–water partition coefficient (Wildman–Crippen LogP) is 1.03. The lowest BCUT2D eigenvalue weighted by atomic mass is 10.4. The van der Waals surface area contributed by atoms with E-state index in [-0.39, 0.29) is 0 Å². The zero-order chi connectivity index (χ0) is 8.27. The van der Waals surface area contributed by atoms with Gasteiger partial charge in [0.05, 0.1) is 10.7 Å². The molecule has 0 aliphatic rings. The molecule has 1 heterocycles. The van der Waals surface area contributed by atoms with Crippen LogP contribution >= 0.6 is 11.6 Å². The molecule has 0 aliphatic carbocycles. The van der Waals surface area contributed by atoms with Crippen LogP contribution in [0.25, 0.3) is 0 Å². The van der Waals surface area contributed by atoms with Gasteiger partial charge < -0.3 is 11.1 Å². The van der Waals surface area contributed by atoms with Gasteiger partial charge in [-0.25, -0.2) is 4.79 Å². The number of primary amides is 1. The molecular formula is C6H5ClN3O. The fourth-order valence-corrected chi connectivity index (χ4v) is 0.698. The molecule has 0 spiro atoms. The van der Waals surface area contributed by atoms with Crippen molar-refractivity contribution in [2.75, 3.05) is 5.32 Å². The molecule has 0 atom stereocenters. The second kappa shape index (κ2) is 3.21. The Morgan fingerprint density at radius 2 is 2.55 bits per heavy atom. The van der Waals surface area contributed by atoms with Crippen molar-refractivity contribution in [3.63, 3.8) is 0 Å². The lowest BCUT2D eigenvalue weighted by Gasteiger charge is -2.00. The number of rotatable bonds is 1. The number of carbonyl (C=O) groups excluding carboxylic acids is 1. The molecule has 5 heteroatoms. The first-order chi connectivity index (χ1) is 5.20. The molecule has 0 bridgehead atoms. The van der Waals surface area contributed by atoms with Crippen molar-refractivity contribution >= 4 is 23.3 Å². The molecule has 57 valence electrons. The first-order valence-corrected chi connectivity index (χ1v) is 3.16. The third-order valence-electron chi connectivity index (χ3n) is 0.959. The molecule has 0 saturated heterocycles. The number of aromatic nitrogens is 1. The van der Waals surface area contributed by atoms with Crippen LogP contribution in [-0.2, 0) is 0 Å². The summed E-state index contributed by atoms with van der Waals surface area (Å²) in [6.07, 6.45) is 3.94. The van der Waals surface area contributed by atoms with Gasteiger partial charge >= 0.3 is 6.03 Å². The van der Waals surface area contributed by atoms with Crippen molar-refractivity contribution in [1.82, 2.24) is 4.98 Å². The average Bonchev–Trinajstić information content (AvgIpc) is 1.93. The minimum atomic E-state index is -0.684. The molecule has 11 heavy (non-hydrogen) atoms. The molecule has 1 radical (unpaired) electrons. The van der Waals surface area contributed by atoms with E-state index >= 15 is 0 Å². The number of pyridine rings is 1. The Morgan fingerprint density at radius 1 is 1.82 bits per heavy atom. The van der Waals surface area contributed by atoms with Crippen molar-refractivity contribution in [2.24, 2.45) is 5.73 Å². The second-order valence-electron chi connectivity index (χ2n) is 1.77. The van der Waals surface area contributed by atoms with Gasteiger partial charge in [-0.05, 0) is 6.07 Å². The van der Waals surface area contributed by atoms with Crippen LogP contribution in [0.15, 0.2) is 12.3 Å². The van der Waals surface area contributed by atoms with Crippen LogP contribution < -0.4 is 11.1 Å². The Balaban J connectivity index is 2.86. The molecule has 0 fully saturated rings. The third-order valence-corrected chi connectivity index (χ3v) is 1.27. The summed E-state index contributed by atoms with van der Waals surface area (Å²) >= 11 is 5.63. The molecule has 3 N–H and O–H groups in total. The van der Waals surface area contributed by atoms with E-state index in [1.807, 2.05) is 0 Å². The van der Waals surface area contributed by atoms with Crippen LogP contribution in [0.5, 0.6) is 0 Å². The summed E-state index contributed by atoms with van der Waals surface area (Å²) in [6, 6.07) is 0.847. The number of halogens is 1.